The van der Waals surface area contributed by atoms with Crippen molar-refractivity contribution in [1.29, 1.82) is 0 Å². The second-order valence-corrected chi connectivity index (χ2v) is 4.59. The average Bonchev–Trinajstić information content (AvgIpc) is 2.41. The van der Waals surface area contributed by atoms with E-state index in [0.717, 1.165) is 0 Å². The maximum atomic E-state index is 13.3. The first-order valence-corrected chi connectivity index (χ1v) is 6.07. The first kappa shape index (κ1) is 14.3. The minimum Gasteiger partial charge on any atom is -0.333 e. The largest absolute Gasteiger partial charge is 0.333 e. The molecule has 108 valence electrons. The molecule has 1 saturated heterocycles. The summed E-state index contributed by atoms with van der Waals surface area (Å²) in [6.45, 7) is 3.22. The van der Waals surface area contributed by atoms with E-state index in [1.807, 2.05) is 0 Å². The first-order valence-electron chi connectivity index (χ1n) is 6.07. The number of benzene rings is 1. The molecule has 20 heavy (non-hydrogen) atoms. The molecule has 1 heterocycles. The lowest BCUT2D eigenvalue weighted by atomic mass is 10.1. The zero-order valence-electron chi connectivity index (χ0n) is 10.7. The molecule has 0 radical (unpaired) electrons. The van der Waals surface area contributed by atoms with Gasteiger partial charge in [-0.15, -0.1) is 0 Å². The van der Waals surface area contributed by atoms with E-state index >= 15 is 0 Å². The minimum absolute atomic E-state index is 0.177. The van der Waals surface area contributed by atoms with E-state index < -0.39 is 33.7 Å². The third-order valence-corrected chi connectivity index (χ3v) is 3.23. The van der Waals surface area contributed by atoms with Crippen LogP contribution in [0.3, 0.4) is 0 Å². The van der Waals surface area contributed by atoms with E-state index in [2.05, 4.69) is 5.32 Å². The van der Waals surface area contributed by atoms with Crippen LogP contribution < -0.4 is 5.32 Å². The van der Waals surface area contributed by atoms with Crippen LogP contribution in [0.15, 0.2) is 12.1 Å². The highest BCUT2D eigenvalue weighted by atomic mass is 19.2. The Morgan fingerprint density at radius 1 is 1.45 bits per heavy atom. The number of piperazine rings is 1. The molecule has 0 aliphatic carbocycles. The second kappa shape index (κ2) is 5.49. The Morgan fingerprint density at radius 3 is 2.70 bits per heavy atom. The fraction of sp³-hybridized carbons (Fsp3) is 0.417. The van der Waals surface area contributed by atoms with Crippen LogP contribution >= 0.6 is 0 Å². The highest BCUT2D eigenvalue weighted by molar-refractivity contribution is 5.98. The summed E-state index contributed by atoms with van der Waals surface area (Å²) in [5, 5.41) is 14.0. The number of nitro benzene ring substituents is 1. The maximum Gasteiger partial charge on any atom is 0.285 e. The summed E-state index contributed by atoms with van der Waals surface area (Å²) in [4.78, 5) is 23.7. The summed E-state index contributed by atoms with van der Waals surface area (Å²) in [7, 11) is 0. The van der Waals surface area contributed by atoms with Crippen molar-refractivity contribution in [2.45, 2.75) is 13.0 Å². The normalized spacial score (nSPS) is 18.9. The lowest BCUT2D eigenvalue weighted by Crippen LogP contribution is -2.52. The Morgan fingerprint density at radius 2 is 2.10 bits per heavy atom. The molecular formula is C12H13F2N3O3. The molecular weight excluding hydrogens is 272 g/mol. The summed E-state index contributed by atoms with van der Waals surface area (Å²) < 4.78 is 26.4. The van der Waals surface area contributed by atoms with Crippen LogP contribution in [0.5, 0.6) is 0 Å². The van der Waals surface area contributed by atoms with E-state index in [9.17, 15) is 23.7 Å². The average molecular weight is 285 g/mol. The summed E-state index contributed by atoms with van der Waals surface area (Å²) in [6.07, 6.45) is 0. The van der Waals surface area contributed by atoms with Crippen LogP contribution in [0.2, 0.25) is 0 Å². The van der Waals surface area contributed by atoms with Crippen LogP contribution in [-0.2, 0) is 0 Å². The summed E-state index contributed by atoms with van der Waals surface area (Å²) >= 11 is 0. The van der Waals surface area contributed by atoms with Gasteiger partial charge in [0.05, 0.1) is 11.0 Å². The highest BCUT2D eigenvalue weighted by Crippen LogP contribution is 2.24. The molecule has 1 N–H and O–H groups in total. The molecule has 1 unspecified atom stereocenters. The Labute approximate surface area is 113 Å². The van der Waals surface area contributed by atoms with Gasteiger partial charge < -0.3 is 10.2 Å². The molecule has 1 atom stereocenters. The van der Waals surface area contributed by atoms with E-state index in [-0.39, 0.29) is 6.04 Å². The number of hydrogen-bond acceptors (Lipinski definition) is 4. The van der Waals surface area contributed by atoms with Gasteiger partial charge in [0.2, 0.25) is 0 Å². The molecule has 6 nitrogen and oxygen atoms in total. The molecule has 2 rings (SSSR count). The van der Waals surface area contributed by atoms with Gasteiger partial charge in [0.15, 0.2) is 11.6 Å². The van der Waals surface area contributed by atoms with E-state index in [4.69, 9.17) is 0 Å². The van der Waals surface area contributed by atoms with Crippen LogP contribution in [0.25, 0.3) is 0 Å². The van der Waals surface area contributed by atoms with Gasteiger partial charge in [-0.05, 0) is 13.0 Å². The number of nitrogens with one attached hydrogen (secondary N) is 1. The molecule has 0 spiro atoms. The SMILES string of the molecule is CC1CNCCN1C(=O)c1cc(F)c(F)cc1[N+](=O)[O-]. The van der Waals surface area contributed by atoms with Crippen molar-refractivity contribution in [3.8, 4) is 0 Å². The van der Waals surface area contributed by atoms with Crippen molar-refractivity contribution in [1.82, 2.24) is 10.2 Å². The molecule has 1 aromatic rings. The fourth-order valence-corrected chi connectivity index (χ4v) is 2.16. The number of amides is 1. The van der Waals surface area contributed by atoms with Crippen molar-refractivity contribution in [2.24, 2.45) is 0 Å². The standard InChI is InChI=1S/C12H13F2N3O3/c1-7-6-15-2-3-16(7)12(18)8-4-9(13)10(14)5-11(8)17(19)20/h4-5,7,15H,2-3,6H2,1H3. The Bertz CT molecular complexity index is 565. The number of carbonyl (C=O) groups excluding carboxylic acids is 1. The predicted octanol–water partition coefficient (Wildman–Crippen LogP) is 1.31. The Hall–Kier alpha value is -2.09. The van der Waals surface area contributed by atoms with E-state index in [1.165, 1.54) is 4.90 Å². The lowest BCUT2D eigenvalue weighted by molar-refractivity contribution is -0.385. The molecule has 0 aromatic heterocycles. The fourth-order valence-electron chi connectivity index (χ4n) is 2.16. The van der Waals surface area contributed by atoms with Crippen LogP contribution in [0, 0.1) is 21.7 Å². The summed E-state index contributed by atoms with van der Waals surface area (Å²) in [5.41, 5.74) is -1.15. The third-order valence-electron chi connectivity index (χ3n) is 3.23. The monoisotopic (exact) mass is 285 g/mol. The molecule has 1 aromatic carbocycles. The second-order valence-electron chi connectivity index (χ2n) is 4.59. The number of rotatable bonds is 2. The first-order chi connectivity index (χ1) is 9.41. The molecule has 1 amide bonds. The topological polar surface area (TPSA) is 75.5 Å². The molecule has 0 bridgehead atoms. The maximum absolute atomic E-state index is 13.3. The van der Waals surface area contributed by atoms with Crippen molar-refractivity contribution in [3.63, 3.8) is 0 Å². The summed E-state index contributed by atoms with van der Waals surface area (Å²) in [5.74, 6) is -3.28. The number of halogens is 2. The van der Waals surface area contributed by atoms with Crippen LogP contribution in [-0.4, -0.2) is 41.4 Å². The van der Waals surface area contributed by atoms with Crippen LogP contribution in [0.4, 0.5) is 14.5 Å². The van der Waals surface area contributed by atoms with Gasteiger partial charge in [0.25, 0.3) is 11.6 Å². The Balaban J connectivity index is 2.42. The van der Waals surface area contributed by atoms with Crippen molar-refractivity contribution >= 4 is 11.6 Å². The van der Waals surface area contributed by atoms with Gasteiger partial charge in [0, 0.05) is 25.7 Å². The van der Waals surface area contributed by atoms with Gasteiger partial charge in [-0.2, -0.15) is 0 Å². The van der Waals surface area contributed by atoms with Gasteiger partial charge in [-0.3, -0.25) is 14.9 Å². The third kappa shape index (κ3) is 2.60. The predicted molar refractivity (Wildman–Crippen MR) is 66.4 cm³/mol. The number of hydrogen-bond donors (Lipinski definition) is 1. The van der Waals surface area contributed by atoms with Gasteiger partial charge in [-0.25, -0.2) is 8.78 Å². The highest BCUT2D eigenvalue weighted by Gasteiger charge is 2.30. The number of nitrogens with zero attached hydrogens (tertiary/aromatic N) is 2. The Kier molecular flexibility index (Phi) is 3.93. The van der Waals surface area contributed by atoms with Crippen molar-refractivity contribution in [3.05, 3.63) is 39.4 Å². The minimum atomic E-state index is -1.35. The van der Waals surface area contributed by atoms with Crippen molar-refractivity contribution in [2.75, 3.05) is 19.6 Å². The molecule has 1 fully saturated rings. The van der Waals surface area contributed by atoms with Gasteiger partial charge >= 0.3 is 0 Å². The zero-order chi connectivity index (χ0) is 14.9. The van der Waals surface area contributed by atoms with Gasteiger partial charge in [-0.1, -0.05) is 0 Å². The molecule has 8 heteroatoms. The van der Waals surface area contributed by atoms with Gasteiger partial charge in [0.1, 0.15) is 5.56 Å². The zero-order valence-corrected chi connectivity index (χ0v) is 10.7. The molecule has 1 aliphatic heterocycles. The summed E-state index contributed by atoms with van der Waals surface area (Å²) in [6, 6.07) is 0.851. The van der Waals surface area contributed by atoms with Crippen molar-refractivity contribution < 1.29 is 18.5 Å². The molecule has 1 aliphatic rings. The number of nitro groups is 1. The quantitative estimate of drug-likeness (QED) is 0.656. The number of carbonyl (C=O) groups is 1. The van der Waals surface area contributed by atoms with E-state index in [1.54, 1.807) is 6.92 Å². The van der Waals surface area contributed by atoms with Crippen LogP contribution in [0.1, 0.15) is 17.3 Å². The van der Waals surface area contributed by atoms with E-state index in [0.29, 0.717) is 31.8 Å². The smallest absolute Gasteiger partial charge is 0.285 e. The molecule has 0 saturated carbocycles. The lowest BCUT2D eigenvalue weighted by Gasteiger charge is -2.33.